The predicted molar refractivity (Wildman–Crippen MR) is 128 cm³/mol. The minimum Gasteiger partial charge on any atom is -0.484 e. The smallest absolute Gasteiger partial charge is 0.265 e. The van der Waals surface area contributed by atoms with Gasteiger partial charge in [0.2, 0.25) is 0 Å². The molecule has 174 valence electrons. The van der Waals surface area contributed by atoms with Gasteiger partial charge >= 0.3 is 0 Å². The molecular weight excluding hydrogens is 418 g/mol. The quantitative estimate of drug-likeness (QED) is 0.544. The summed E-state index contributed by atoms with van der Waals surface area (Å²) in [6.45, 7) is 5.60. The summed E-state index contributed by atoms with van der Waals surface area (Å²) in [5.41, 5.74) is 2.02. The lowest BCUT2D eigenvalue weighted by atomic mass is 10.2. The second-order valence-electron chi connectivity index (χ2n) is 8.24. The number of hydrogen-bond acceptors (Lipinski definition) is 5. The van der Waals surface area contributed by atoms with E-state index in [4.69, 9.17) is 4.74 Å². The summed E-state index contributed by atoms with van der Waals surface area (Å²) in [7, 11) is 1.71. The number of benzene rings is 1. The Labute approximate surface area is 194 Å². The number of anilines is 1. The Hall–Kier alpha value is -3.39. The topological polar surface area (TPSA) is 79.2 Å². The molecule has 0 saturated carbocycles. The minimum absolute atomic E-state index is 0.0897. The first kappa shape index (κ1) is 22.8. The number of carbonyl (C=O) groups excluding carboxylic acids is 2. The second kappa shape index (κ2) is 10.5. The fraction of sp³-hybridized carbons (Fsp3) is 0.400. The molecule has 1 fully saturated rings. The normalized spacial score (nSPS) is 13.9. The van der Waals surface area contributed by atoms with E-state index in [0.29, 0.717) is 35.7 Å². The van der Waals surface area contributed by atoms with Gasteiger partial charge in [-0.3, -0.25) is 18.9 Å². The van der Waals surface area contributed by atoms with Crippen LogP contribution in [0.15, 0.2) is 48.7 Å². The first-order valence-corrected chi connectivity index (χ1v) is 11.5. The average molecular weight is 450 g/mol. The van der Waals surface area contributed by atoms with Crippen LogP contribution in [0, 0.1) is 0 Å². The Kier molecular flexibility index (Phi) is 7.24. The standard InChI is InChI=1S/C25H31N5O3/c1-3-21-25(28(2)23(31)18-33-20-9-5-4-6-10-20)30-17-19(11-12-22(30)27-21)24(32)26-13-16-29-14-7-8-15-29/h4-6,9-12,17H,3,7-8,13-16,18H2,1-2H3,(H,26,32). The van der Waals surface area contributed by atoms with Gasteiger partial charge < -0.3 is 15.0 Å². The molecule has 0 bridgehead atoms. The summed E-state index contributed by atoms with van der Waals surface area (Å²) in [5, 5.41) is 3.01. The number of aromatic nitrogens is 2. The van der Waals surface area contributed by atoms with Crippen molar-refractivity contribution < 1.29 is 14.3 Å². The largest absolute Gasteiger partial charge is 0.484 e. The monoisotopic (exact) mass is 449 g/mol. The van der Waals surface area contributed by atoms with E-state index in [1.807, 2.05) is 47.7 Å². The number of carbonyl (C=O) groups is 2. The number of amides is 2. The van der Waals surface area contributed by atoms with Gasteiger partial charge in [-0.15, -0.1) is 0 Å². The maximum Gasteiger partial charge on any atom is 0.265 e. The van der Waals surface area contributed by atoms with Gasteiger partial charge in [0.05, 0.1) is 11.3 Å². The van der Waals surface area contributed by atoms with Gasteiger partial charge in [0, 0.05) is 26.3 Å². The molecule has 4 rings (SSSR count). The molecule has 0 spiro atoms. The van der Waals surface area contributed by atoms with Crippen LogP contribution in [-0.2, 0) is 11.2 Å². The highest BCUT2D eigenvalue weighted by Crippen LogP contribution is 2.23. The number of rotatable bonds is 9. The SMILES string of the molecule is CCc1nc2ccc(C(=O)NCCN3CCCC3)cn2c1N(C)C(=O)COc1ccccc1. The van der Waals surface area contributed by atoms with Gasteiger partial charge in [0.25, 0.3) is 11.8 Å². The summed E-state index contributed by atoms with van der Waals surface area (Å²) >= 11 is 0. The molecule has 2 aromatic heterocycles. The van der Waals surface area contributed by atoms with Crippen LogP contribution in [0.25, 0.3) is 5.65 Å². The number of likely N-dealkylation sites (N-methyl/N-ethyl adjacent to an activating group) is 1. The number of likely N-dealkylation sites (tertiary alicyclic amines) is 1. The number of nitrogens with zero attached hydrogens (tertiary/aromatic N) is 4. The van der Waals surface area contributed by atoms with E-state index in [1.165, 1.54) is 12.8 Å². The van der Waals surface area contributed by atoms with Crippen molar-refractivity contribution in [1.82, 2.24) is 19.6 Å². The zero-order valence-electron chi connectivity index (χ0n) is 19.3. The van der Waals surface area contributed by atoms with Crippen LogP contribution in [0.3, 0.4) is 0 Å². The Bertz CT molecular complexity index is 1110. The van der Waals surface area contributed by atoms with Crippen LogP contribution >= 0.6 is 0 Å². The number of hydrogen-bond donors (Lipinski definition) is 1. The first-order chi connectivity index (χ1) is 16.1. The first-order valence-electron chi connectivity index (χ1n) is 11.5. The third kappa shape index (κ3) is 5.34. The molecule has 0 unspecified atom stereocenters. The molecule has 1 aliphatic rings. The third-order valence-electron chi connectivity index (χ3n) is 5.97. The van der Waals surface area contributed by atoms with Crippen molar-refractivity contribution in [3.05, 3.63) is 59.9 Å². The Morgan fingerprint density at radius 1 is 1.12 bits per heavy atom. The van der Waals surface area contributed by atoms with Gasteiger partial charge in [-0.2, -0.15) is 0 Å². The highest BCUT2D eigenvalue weighted by atomic mass is 16.5. The molecule has 33 heavy (non-hydrogen) atoms. The Balaban J connectivity index is 1.48. The molecule has 1 saturated heterocycles. The van der Waals surface area contributed by atoms with Crippen LogP contribution in [0.5, 0.6) is 5.75 Å². The van der Waals surface area contributed by atoms with Crippen LogP contribution in [0.4, 0.5) is 5.82 Å². The molecule has 0 aliphatic carbocycles. The van der Waals surface area contributed by atoms with Crippen LogP contribution in [0.2, 0.25) is 0 Å². The van der Waals surface area contributed by atoms with E-state index in [1.54, 1.807) is 24.2 Å². The molecule has 8 nitrogen and oxygen atoms in total. The summed E-state index contributed by atoms with van der Waals surface area (Å²) in [6.07, 6.45) is 4.88. The number of pyridine rings is 1. The van der Waals surface area contributed by atoms with Crippen molar-refractivity contribution in [2.75, 3.05) is 44.7 Å². The maximum absolute atomic E-state index is 12.9. The summed E-state index contributed by atoms with van der Waals surface area (Å²) in [5.74, 6) is 0.966. The van der Waals surface area contributed by atoms with Gasteiger partial charge in [-0.25, -0.2) is 4.98 Å². The van der Waals surface area contributed by atoms with Crippen molar-refractivity contribution in [3.8, 4) is 5.75 Å². The van der Waals surface area contributed by atoms with Crippen molar-refractivity contribution in [3.63, 3.8) is 0 Å². The average Bonchev–Trinajstić information content (AvgIpc) is 3.49. The third-order valence-corrected chi connectivity index (χ3v) is 5.97. The molecule has 1 aliphatic heterocycles. The van der Waals surface area contributed by atoms with Crippen molar-refractivity contribution in [1.29, 1.82) is 0 Å². The molecule has 3 heterocycles. The number of nitrogens with one attached hydrogen (secondary N) is 1. The van der Waals surface area contributed by atoms with E-state index in [-0.39, 0.29) is 18.4 Å². The molecule has 0 atom stereocenters. The van der Waals surface area contributed by atoms with Crippen LogP contribution in [-0.4, -0.2) is 65.9 Å². The van der Waals surface area contributed by atoms with Crippen molar-refractivity contribution in [2.24, 2.45) is 0 Å². The summed E-state index contributed by atoms with van der Waals surface area (Å²) in [4.78, 5) is 34.2. The lowest BCUT2D eigenvalue weighted by molar-refractivity contribution is -0.120. The number of ether oxygens (including phenoxy) is 1. The molecular formula is C25H31N5O3. The zero-order chi connectivity index (χ0) is 23.2. The van der Waals surface area contributed by atoms with Gasteiger partial charge in [0.15, 0.2) is 6.61 Å². The van der Waals surface area contributed by atoms with Crippen LogP contribution < -0.4 is 15.0 Å². The maximum atomic E-state index is 12.9. The fourth-order valence-corrected chi connectivity index (χ4v) is 4.12. The molecule has 2 amide bonds. The van der Waals surface area contributed by atoms with E-state index < -0.39 is 0 Å². The number of para-hydroxylation sites is 1. The molecule has 1 N–H and O–H groups in total. The van der Waals surface area contributed by atoms with E-state index in [2.05, 4.69) is 15.2 Å². The second-order valence-corrected chi connectivity index (χ2v) is 8.24. The van der Waals surface area contributed by atoms with Crippen molar-refractivity contribution in [2.45, 2.75) is 26.2 Å². The van der Waals surface area contributed by atoms with E-state index in [9.17, 15) is 9.59 Å². The lowest BCUT2D eigenvalue weighted by Gasteiger charge is -2.19. The Morgan fingerprint density at radius 2 is 1.88 bits per heavy atom. The molecule has 8 heteroatoms. The summed E-state index contributed by atoms with van der Waals surface area (Å²) < 4.78 is 7.45. The van der Waals surface area contributed by atoms with Gasteiger partial charge in [0.1, 0.15) is 17.2 Å². The highest BCUT2D eigenvalue weighted by molar-refractivity contribution is 5.96. The summed E-state index contributed by atoms with van der Waals surface area (Å²) in [6, 6.07) is 12.8. The lowest BCUT2D eigenvalue weighted by Crippen LogP contribution is -2.34. The molecule has 1 aromatic carbocycles. The number of aryl methyl sites for hydroxylation is 1. The fourth-order valence-electron chi connectivity index (χ4n) is 4.12. The van der Waals surface area contributed by atoms with E-state index >= 15 is 0 Å². The number of imidazole rings is 1. The van der Waals surface area contributed by atoms with Crippen LogP contribution in [0.1, 0.15) is 35.8 Å². The van der Waals surface area contributed by atoms with Crippen molar-refractivity contribution >= 4 is 23.3 Å². The Morgan fingerprint density at radius 3 is 2.61 bits per heavy atom. The molecule has 3 aromatic rings. The minimum atomic E-state index is -0.198. The predicted octanol–water partition coefficient (Wildman–Crippen LogP) is 2.76. The zero-order valence-corrected chi connectivity index (χ0v) is 19.3. The molecule has 0 radical (unpaired) electrons. The number of fused-ring (bicyclic) bond motifs is 1. The van der Waals surface area contributed by atoms with Gasteiger partial charge in [-0.1, -0.05) is 25.1 Å². The highest BCUT2D eigenvalue weighted by Gasteiger charge is 2.21. The van der Waals surface area contributed by atoms with E-state index in [0.717, 1.165) is 25.3 Å². The van der Waals surface area contributed by atoms with Gasteiger partial charge in [-0.05, 0) is 56.6 Å².